The average molecular weight is 408 g/mol. The van der Waals surface area contributed by atoms with Gasteiger partial charge < -0.3 is 5.32 Å². The number of hydrogen-bond donors (Lipinski definition) is 2. The summed E-state index contributed by atoms with van der Waals surface area (Å²) in [6, 6.07) is 7.63. The van der Waals surface area contributed by atoms with Crippen molar-refractivity contribution >= 4 is 40.4 Å². The van der Waals surface area contributed by atoms with Crippen LogP contribution in [0, 0.1) is 17.1 Å². The molecule has 3 aromatic heterocycles. The number of nitrogens with zero attached hydrogens (tertiary/aromatic N) is 4. The first kappa shape index (κ1) is 19.0. The maximum atomic E-state index is 15.5. The van der Waals surface area contributed by atoms with Gasteiger partial charge in [0.2, 0.25) is 6.41 Å². The van der Waals surface area contributed by atoms with Gasteiger partial charge in [-0.3, -0.25) is 9.89 Å². The first-order valence-corrected chi connectivity index (χ1v) is 9.89. The number of amides is 1. The molecule has 2 N–H and O–H groups in total. The Morgan fingerprint density at radius 2 is 2.31 bits per heavy atom. The topological polar surface area (TPSA) is 98.9 Å². The van der Waals surface area contributed by atoms with Gasteiger partial charge in [0.15, 0.2) is 5.82 Å². The monoisotopic (exact) mass is 408 g/mol. The number of carbonyl (C=O) groups excluding carboxylic acids is 1. The van der Waals surface area contributed by atoms with Gasteiger partial charge in [0.25, 0.3) is 0 Å². The van der Waals surface area contributed by atoms with E-state index in [2.05, 4.69) is 26.7 Å². The molecule has 1 atom stereocenters. The predicted molar refractivity (Wildman–Crippen MR) is 110 cm³/mol. The molecule has 0 spiro atoms. The van der Waals surface area contributed by atoms with E-state index in [4.69, 9.17) is 5.26 Å². The minimum Gasteiger partial charge on any atom is -0.312 e. The van der Waals surface area contributed by atoms with Gasteiger partial charge in [-0.15, -0.1) is 11.8 Å². The van der Waals surface area contributed by atoms with Crippen LogP contribution in [0.3, 0.4) is 0 Å². The number of halogens is 1. The van der Waals surface area contributed by atoms with Gasteiger partial charge in [0.1, 0.15) is 5.82 Å². The Morgan fingerprint density at radius 3 is 3.03 bits per heavy atom. The fraction of sp³-hybridized carbons (Fsp3) is 0.200. The molecule has 0 bridgehead atoms. The number of aromatic amines is 1. The average Bonchev–Trinajstić information content (AvgIpc) is 3.35. The third kappa shape index (κ3) is 3.21. The van der Waals surface area contributed by atoms with Crippen LogP contribution in [0.15, 0.2) is 35.5 Å². The highest BCUT2D eigenvalue weighted by molar-refractivity contribution is 8.00. The van der Waals surface area contributed by atoms with Crippen molar-refractivity contribution in [1.29, 1.82) is 5.26 Å². The summed E-state index contributed by atoms with van der Waals surface area (Å²) in [5.41, 5.74) is 3.50. The van der Waals surface area contributed by atoms with E-state index in [0.29, 0.717) is 34.6 Å². The van der Waals surface area contributed by atoms with Gasteiger partial charge in [-0.05, 0) is 42.2 Å². The molecule has 0 saturated carbocycles. The molecule has 0 aliphatic carbocycles. The van der Waals surface area contributed by atoms with Crippen molar-refractivity contribution in [2.75, 3.05) is 5.32 Å². The number of rotatable bonds is 6. The summed E-state index contributed by atoms with van der Waals surface area (Å²) >= 11 is 1.19. The Balaban J connectivity index is 1.95. The lowest BCUT2D eigenvalue weighted by molar-refractivity contribution is -0.105. The van der Waals surface area contributed by atoms with E-state index < -0.39 is 5.25 Å². The molecule has 4 aromatic rings. The standard InChI is InChI=1S/C20H17FN6OS/c1-3-14-17(12-4-5-27-13(6-12)7-16(26-27)23-10-28)15-9-24-25-19(15)20(18(14)21)29-11(2)8-22/h4-7,9-11H,3H2,1-2H3,(H,24,25)(H,23,26,28). The van der Waals surface area contributed by atoms with Crippen LogP contribution in [0.25, 0.3) is 27.5 Å². The zero-order chi connectivity index (χ0) is 20.5. The Hall–Kier alpha value is -3.38. The third-order valence-corrected chi connectivity index (χ3v) is 5.77. The van der Waals surface area contributed by atoms with Gasteiger partial charge in [-0.25, -0.2) is 8.91 Å². The van der Waals surface area contributed by atoms with E-state index in [1.165, 1.54) is 11.8 Å². The second-order valence-corrected chi connectivity index (χ2v) is 7.83. The number of H-pyrrole nitrogens is 1. The minimum atomic E-state index is -0.390. The third-order valence-electron chi connectivity index (χ3n) is 4.69. The van der Waals surface area contributed by atoms with Gasteiger partial charge in [-0.2, -0.15) is 15.5 Å². The van der Waals surface area contributed by atoms with Crippen LogP contribution < -0.4 is 5.32 Å². The lowest BCUT2D eigenvalue weighted by Crippen LogP contribution is -2.01. The fourth-order valence-electron chi connectivity index (χ4n) is 3.42. The maximum Gasteiger partial charge on any atom is 0.212 e. The first-order chi connectivity index (χ1) is 14.1. The van der Waals surface area contributed by atoms with E-state index in [1.54, 1.807) is 29.9 Å². The summed E-state index contributed by atoms with van der Waals surface area (Å²) in [6.07, 6.45) is 4.51. The van der Waals surface area contributed by atoms with Crippen molar-refractivity contribution in [2.24, 2.45) is 0 Å². The minimum absolute atomic E-state index is 0.331. The summed E-state index contributed by atoms with van der Waals surface area (Å²) in [5, 5.41) is 23.4. The van der Waals surface area contributed by atoms with Crippen molar-refractivity contribution in [1.82, 2.24) is 19.8 Å². The molecular weight excluding hydrogens is 391 g/mol. The SMILES string of the molecule is CCc1c(F)c(SC(C)C#N)c2[nH]ncc2c1-c1ccn2nc(NC=O)cc2c1. The van der Waals surface area contributed by atoms with Crippen molar-refractivity contribution in [3.05, 3.63) is 42.0 Å². The molecule has 0 fully saturated rings. The first-order valence-electron chi connectivity index (χ1n) is 9.01. The van der Waals surface area contributed by atoms with Gasteiger partial charge in [0.05, 0.1) is 33.4 Å². The summed E-state index contributed by atoms with van der Waals surface area (Å²) in [7, 11) is 0. The van der Waals surface area contributed by atoms with Crippen LogP contribution in [-0.2, 0) is 11.2 Å². The fourth-order valence-corrected chi connectivity index (χ4v) is 4.33. The molecule has 1 amide bonds. The summed E-state index contributed by atoms with van der Waals surface area (Å²) < 4.78 is 17.1. The summed E-state index contributed by atoms with van der Waals surface area (Å²) in [6.45, 7) is 3.64. The number of carbonyl (C=O) groups is 1. The molecule has 9 heteroatoms. The molecule has 3 heterocycles. The number of aromatic nitrogens is 4. The molecule has 1 unspecified atom stereocenters. The van der Waals surface area contributed by atoms with Gasteiger partial charge >= 0.3 is 0 Å². The molecule has 29 heavy (non-hydrogen) atoms. The van der Waals surface area contributed by atoms with Crippen LogP contribution >= 0.6 is 11.8 Å². The highest BCUT2D eigenvalue weighted by Crippen LogP contribution is 2.41. The van der Waals surface area contributed by atoms with Crippen molar-refractivity contribution in [2.45, 2.75) is 30.4 Å². The summed E-state index contributed by atoms with van der Waals surface area (Å²) in [5.74, 6) is 0.104. The number of anilines is 1. The van der Waals surface area contributed by atoms with Crippen LogP contribution in [0.4, 0.5) is 10.2 Å². The molecular formula is C20H17FN6OS. The number of pyridine rings is 1. The summed E-state index contributed by atoms with van der Waals surface area (Å²) in [4.78, 5) is 11.1. The van der Waals surface area contributed by atoms with E-state index in [1.807, 2.05) is 19.1 Å². The van der Waals surface area contributed by atoms with Crippen molar-refractivity contribution in [3.63, 3.8) is 0 Å². The van der Waals surface area contributed by atoms with Crippen molar-refractivity contribution in [3.8, 4) is 17.2 Å². The van der Waals surface area contributed by atoms with E-state index in [0.717, 1.165) is 22.0 Å². The van der Waals surface area contributed by atoms with E-state index >= 15 is 4.39 Å². The number of hydrogen-bond acceptors (Lipinski definition) is 5. The number of nitriles is 1. The Morgan fingerprint density at radius 1 is 1.48 bits per heavy atom. The number of benzene rings is 1. The molecule has 7 nitrogen and oxygen atoms in total. The second-order valence-electron chi connectivity index (χ2n) is 6.47. The molecule has 146 valence electrons. The van der Waals surface area contributed by atoms with Crippen LogP contribution in [0.5, 0.6) is 0 Å². The number of thioether (sulfide) groups is 1. The number of nitrogens with one attached hydrogen (secondary N) is 2. The molecule has 0 aliphatic rings. The lowest BCUT2D eigenvalue weighted by atomic mass is 9.94. The number of fused-ring (bicyclic) bond motifs is 2. The molecule has 4 rings (SSSR count). The molecule has 0 saturated heterocycles. The molecule has 1 aromatic carbocycles. The second kappa shape index (κ2) is 7.56. The highest BCUT2D eigenvalue weighted by Gasteiger charge is 2.23. The van der Waals surface area contributed by atoms with E-state index in [9.17, 15) is 4.79 Å². The van der Waals surface area contributed by atoms with E-state index in [-0.39, 0.29) is 5.82 Å². The molecule has 0 radical (unpaired) electrons. The Kier molecular flexibility index (Phi) is 4.94. The van der Waals surface area contributed by atoms with Crippen LogP contribution in [0.2, 0.25) is 0 Å². The predicted octanol–water partition coefficient (Wildman–Crippen LogP) is 4.15. The smallest absolute Gasteiger partial charge is 0.212 e. The zero-order valence-corrected chi connectivity index (χ0v) is 16.5. The Bertz CT molecular complexity index is 1270. The molecule has 0 aliphatic heterocycles. The quantitative estimate of drug-likeness (QED) is 0.369. The lowest BCUT2D eigenvalue weighted by Gasteiger charge is -2.16. The Labute approximate surface area is 169 Å². The van der Waals surface area contributed by atoms with Gasteiger partial charge in [0, 0.05) is 17.6 Å². The van der Waals surface area contributed by atoms with Crippen LogP contribution in [0.1, 0.15) is 19.4 Å². The highest BCUT2D eigenvalue weighted by atomic mass is 32.2. The van der Waals surface area contributed by atoms with Gasteiger partial charge in [-0.1, -0.05) is 6.92 Å². The van der Waals surface area contributed by atoms with Crippen LogP contribution in [-0.4, -0.2) is 31.5 Å². The largest absolute Gasteiger partial charge is 0.312 e. The van der Waals surface area contributed by atoms with Crippen molar-refractivity contribution < 1.29 is 9.18 Å². The zero-order valence-electron chi connectivity index (χ0n) is 15.7. The normalized spacial score (nSPS) is 12.2. The maximum absolute atomic E-state index is 15.5.